The lowest BCUT2D eigenvalue weighted by Gasteiger charge is -2.22. The SMILES string of the molecule is O=C(Cn1ccc2ccccc21)Nc1cnn(C[C@H]2CCCCO2)c1. The molecule has 0 spiro atoms. The number of ether oxygens (including phenoxy) is 1. The second kappa shape index (κ2) is 7.11. The van der Waals surface area contributed by atoms with Gasteiger partial charge in [-0.1, -0.05) is 18.2 Å². The van der Waals surface area contributed by atoms with Crippen molar-refractivity contribution in [2.24, 2.45) is 0 Å². The number of carbonyl (C=O) groups is 1. The maximum atomic E-state index is 12.3. The first-order chi connectivity index (χ1) is 12.3. The predicted molar refractivity (Wildman–Crippen MR) is 96.4 cm³/mol. The standard InChI is InChI=1S/C19H22N4O2/c24-19(14-22-9-8-15-5-1-2-7-18(15)22)21-16-11-20-23(12-16)13-17-6-3-4-10-25-17/h1-2,5,7-9,11-12,17H,3-4,6,10,13-14H2,(H,21,24)/t17-/m1/s1. The molecule has 3 heterocycles. The summed E-state index contributed by atoms with van der Waals surface area (Å²) in [5.74, 6) is -0.0604. The molecular formula is C19H22N4O2. The molecule has 1 amide bonds. The highest BCUT2D eigenvalue weighted by atomic mass is 16.5. The summed E-state index contributed by atoms with van der Waals surface area (Å²) in [5, 5.41) is 8.38. The number of hydrogen-bond donors (Lipinski definition) is 1. The van der Waals surface area contributed by atoms with Crippen LogP contribution in [0.15, 0.2) is 48.9 Å². The van der Waals surface area contributed by atoms with E-state index in [0.29, 0.717) is 0 Å². The molecule has 1 fully saturated rings. The van der Waals surface area contributed by atoms with E-state index in [4.69, 9.17) is 4.74 Å². The predicted octanol–water partition coefficient (Wildman–Crippen LogP) is 3.05. The fourth-order valence-corrected chi connectivity index (χ4v) is 3.32. The summed E-state index contributed by atoms with van der Waals surface area (Å²) in [5.41, 5.74) is 1.78. The molecule has 0 bridgehead atoms. The first kappa shape index (κ1) is 15.9. The largest absolute Gasteiger partial charge is 0.376 e. The Morgan fingerprint density at radius 1 is 1.28 bits per heavy atom. The maximum Gasteiger partial charge on any atom is 0.244 e. The average Bonchev–Trinajstić information content (AvgIpc) is 3.23. The van der Waals surface area contributed by atoms with Gasteiger partial charge >= 0.3 is 0 Å². The van der Waals surface area contributed by atoms with Crippen LogP contribution >= 0.6 is 0 Å². The van der Waals surface area contributed by atoms with E-state index in [1.165, 1.54) is 6.42 Å². The van der Waals surface area contributed by atoms with Crippen LogP contribution in [0, 0.1) is 0 Å². The zero-order valence-electron chi connectivity index (χ0n) is 14.1. The minimum atomic E-state index is -0.0604. The van der Waals surface area contributed by atoms with Gasteiger partial charge in [-0.2, -0.15) is 5.10 Å². The average molecular weight is 338 g/mol. The van der Waals surface area contributed by atoms with Crippen LogP contribution in [0.4, 0.5) is 5.69 Å². The first-order valence-corrected chi connectivity index (χ1v) is 8.76. The lowest BCUT2D eigenvalue weighted by atomic mass is 10.1. The molecular weight excluding hydrogens is 316 g/mol. The van der Waals surface area contributed by atoms with Crippen molar-refractivity contribution in [3.05, 3.63) is 48.9 Å². The highest BCUT2D eigenvalue weighted by Gasteiger charge is 2.15. The van der Waals surface area contributed by atoms with E-state index >= 15 is 0 Å². The summed E-state index contributed by atoms with van der Waals surface area (Å²) in [6.07, 6.45) is 9.14. The molecule has 0 saturated carbocycles. The summed E-state index contributed by atoms with van der Waals surface area (Å²) in [6.45, 7) is 1.85. The molecule has 4 rings (SSSR count). The zero-order chi connectivity index (χ0) is 17.1. The van der Waals surface area contributed by atoms with Crippen LogP contribution in [-0.2, 0) is 22.6 Å². The molecule has 1 aromatic carbocycles. The number of rotatable bonds is 5. The molecule has 1 atom stereocenters. The smallest absolute Gasteiger partial charge is 0.244 e. The summed E-state index contributed by atoms with van der Waals surface area (Å²) < 4.78 is 9.52. The Morgan fingerprint density at radius 3 is 3.08 bits per heavy atom. The summed E-state index contributed by atoms with van der Waals surface area (Å²) in [6, 6.07) is 10.1. The van der Waals surface area contributed by atoms with Crippen LogP contribution < -0.4 is 5.32 Å². The number of amides is 1. The van der Waals surface area contributed by atoms with E-state index in [0.717, 1.165) is 42.6 Å². The lowest BCUT2D eigenvalue weighted by molar-refractivity contribution is -0.116. The Morgan fingerprint density at radius 2 is 2.20 bits per heavy atom. The number of para-hydroxylation sites is 1. The van der Waals surface area contributed by atoms with Gasteiger partial charge in [0.1, 0.15) is 6.54 Å². The van der Waals surface area contributed by atoms with Crippen molar-refractivity contribution in [3.63, 3.8) is 0 Å². The number of aromatic nitrogens is 3. The molecule has 6 nitrogen and oxygen atoms in total. The molecule has 6 heteroatoms. The molecule has 2 aromatic heterocycles. The van der Waals surface area contributed by atoms with Gasteiger partial charge in [0.05, 0.1) is 24.5 Å². The van der Waals surface area contributed by atoms with Gasteiger partial charge in [0.2, 0.25) is 5.91 Å². The Hall–Kier alpha value is -2.60. The van der Waals surface area contributed by atoms with Gasteiger partial charge in [-0.25, -0.2) is 0 Å². The van der Waals surface area contributed by atoms with E-state index in [1.54, 1.807) is 6.20 Å². The van der Waals surface area contributed by atoms with E-state index in [1.807, 2.05) is 52.0 Å². The molecule has 3 aromatic rings. The second-order valence-corrected chi connectivity index (χ2v) is 6.49. The van der Waals surface area contributed by atoms with E-state index in [2.05, 4.69) is 10.4 Å². The van der Waals surface area contributed by atoms with Gasteiger partial charge in [0.25, 0.3) is 0 Å². The van der Waals surface area contributed by atoms with Crippen molar-refractivity contribution in [2.75, 3.05) is 11.9 Å². The van der Waals surface area contributed by atoms with E-state index in [-0.39, 0.29) is 18.6 Å². The highest BCUT2D eigenvalue weighted by Crippen LogP contribution is 2.17. The Labute approximate surface area is 146 Å². The van der Waals surface area contributed by atoms with Crippen LogP contribution in [0.1, 0.15) is 19.3 Å². The van der Waals surface area contributed by atoms with Crippen LogP contribution in [0.3, 0.4) is 0 Å². The number of nitrogens with one attached hydrogen (secondary N) is 1. The number of benzene rings is 1. The fraction of sp³-hybridized carbons (Fsp3) is 0.368. The van der Waals surface area contributed by atoms with Gasteiger partial charge in [-0.05, 0) is 36.8 Å². The van der Waals surface area contributed by atoms with Crippen molar-refractivity contribution < 1.29 is 9.53 Å². The third kappa shape index (κ3) is 3.74. The molecule has 0 unspecified atom stereocenters. The fourth-order valence-electron chi connectivity index (χ4n) is 3.32. The number of fused-ring (bicyclic) bond motifs is 1. The molecule has 1 N–H and O–H groups in total. The highest BCUT2D eigenvalue weighted by molar-refractivity contribution is 5.91. The number of hydrogen-bond acceptors (Lipinski definition) is 3. The lowest BCUT2D eigenvalue weighted by Crippen LogP contribution is -2.24. The molecule has 130 valence electrons. The van der Waals surface area contributed by atoms with Crippen molar-refractivity contribution in [1.29, 1.82) is 0 Å². The van der Waals surface area contributed by atoms with Crippen molar-refractivity contribution in [1.82, 2.24) is 14.3 Å². The summed E-state index contributed by atoms with van der Waals surface area (Å²) in [4.78, 5) is 12.3. The molecule has 0 aliphatic carbocycles. The second-order valence-electron chi connectivity index (χ2n) is 6.49. The zero-order valence-corrected chi connectivity index (χ0v) is 14.1. The molecule has 25 heavy (non-hydrogen) atoms. The number of carbonyl (C=O) groups excluding carboxylic acids is 1. The van der Waals surface area contributed by atoms with Crippen LogP contribution in [0.25, 0.3) is 10.9 Å². The van der Waals surface area contributed by atoms with Crippen LogP contribution in [0.5, 0.6) is 0 Å². The Bertz CT molecular complexity index is 861. The molecule has 0 radical (unpaired) electrons. The maximum absolute atomic E-state index is 12.3. The Kier molecular flexibility index (Phi) is 4.52. The van der Waals surface area contributed by atoms with E-state index in [9.17, 15) is 4.79 Å². The quantitative estimate of drug-likeness (QED) is 0.778. The number of anilines is 1. The van der Waals surface area contributed by atoms with Gasteiger partial charge in [-0.15, -0.1) is 0 Å². The summed E-state index contributed by atoms with van der Waals surface area (Å²) >= 11 is 0. The van der Waals surface area contributed by atoms with E-state index < -0.39 is 0 Å². The van der Waals surface area contributed by atoms with Gasteiger partial charge < -0.3 is 14.6 Å². The minimum absolute atomic E-state index is 0.0604. The van der Waals surface area contributed by atoms with Gasteiger partial charge in [0.15, 0.2) is 0 Å². The molecule has 1 aliphatic heterocycles. The topological polar surface area (TPSA) is 61.1 Å². The molecule has 1 aliphatic rings. The van der Waals surface area contributed by atoms with Crippen LogP contribution in [0.2, 0.25) is 0 Å². The van der Waals surface area contributed by atoms with Crippen molar-refractivity contribution in [2.45, 2.75) is 38.5 Å². The minimum Gasteiger partial charge on any atom is -0.376 e. The Balaban J connectivity index is 1.36. The monoisotopic (exact) mass is 338 g/mol. The van der Waals surface area contributed by atoms with Crippen molar-refractivity contribution in [3.8, 4) is 0 Å². The normalized spacial score (nSPS) is 17.7. The van der Waals surface area contributed by atoms with Crippen molar-refractivity contribution >= 4 is 22.5 Å². The van der Waals surface area contributed by atoms with Crippen LogP contribution in [-0.4, -0.2) is 33.0 Å². The van der Waals surface area contributed by atoms with Gasteiger partial charge in [-0.3, -0.25) is 9.48 Å². The first-order valence-electron chi connectivity index (χ1n) is 8.76. The van der Waals surface area contributed by atoms with Gasteiger partial charge in [0, 0.05) is 24.5 Å². The summed E-state index contributed by atoms with van der Waals surface area (Å²) in [7, 11) is 0. The molecule has 1 saturated heterocycles. The third-order valence-corrected chi connectivity index (χ3v) is 4.58. The number of nitrogens with zero attached hydrogens (tertiary/aromatic N) is 3. The third-order valence-electron chi connectivity index (χ3n) is 4.58.